The predicted molar refractivity (Wildman–Crippen MR) is 101 cm³/mol. The van der Waals surface area contributed by atoms with Crippen LogP contribution in [-0.4, -0.2) is 33.4 Å². The number of thioether (sulfide) groups is 1. The molecule has 1 fully saturated rings. The van der Waals surface area contributed by atoms with Crippen LogP contribution in [0.15, 0.2) is 47.4 Å². The highest BCUT2D eigenvalue weighted by Gasteiger charge is 2.36. The Kier molecular flexibility index (Phi) is 5.69. The molecular weight excluding hydrogens is 408 g/mol. The molecule has 29 heavy (non-hydrogen) atoms. The van der Waals surface area contributed by atoms with Crippen molar-refractivity contribution in [3.8, 4) is 0 Å². The maximum Gasteiger partial charge on any atom is 0.294 e. The summed E-state index contributed by atoms with van der Waals surface area (Å²) in [6.45, 7) is -0.699. The second kappa shape index (κ2) is 8.19. The fraction of sp³-hybridized carbons (Fsp3) is 0.0556. The van der Waals surface area contributed by atoms with Crippen LogP contribution in [0, 0.1) is 21.7 Å². The minimum absolute atomic E-state index is 0.0925. The largest absolute Gasteiger partial charge is 0.322 e. The summed E-state index contributed by atoms with van der Waals surface area (Å²) in [6.07, 6.45) is 1.20. The molecule has 1 N–H and O–H groups in total. The van der Waals surface area contributed by atoms with Crippen LogP contribution < -0.4 is 5.32 Å². The lowest BCUT2D eigenvalue weighted by atomic mass is 10.1. The van der Waals surface area contributed by atoms with Gasteiger partial charge in [-0.15, -0.1) is 0 Å². The molecule has 148 valence electrons. The van der Waals surface area contributed by atoms with Gasteiger partial charge in [-0.1, -0.05) is 12.1 Å². The Bertz CT molecular complexity index is 1070. The summed E-state index contributed by atoms with van der Waals surface area (Å²) in [5, 5.41) is 12.5. The van der Waals surface area contributed by atoms with E-state index in [-0.39, 0.29) is 21.8 Å². The Labute approximate surface area is 166 Å². The van der Waals surface area contributed by atoms with Gasteiger partial charge in [-0.3, -0.25) is 29.4 Å². The molecule has 1 saturated heterocycles. The van der Waals surface area contributed by atoms with Crippen LogP contribution in [-0.2, 0) is 9.59 Å². The second-order valence-corrected chi connectivity index (χ2v) is 6.75. The van der Waals surface area contributed by atoms with E-state index in [0.29, 0.717) is 22.7 Å². The Balaban J connectivity index is 1.75. The number of halogens is 2. The molecule has 0 aromatic heterocycles. The molecule has 0 atom stereocenters. The highest BCUT2D eigenvalue weighted by molar-refractivity contribution is 8.18. The summed E-state index contributed by atoms with van der Waals surface area (Å²) in [5.41, 5.74) is -0.427. The van der Waals surface area contributed by atoms with Crippen molar-refractivity contribution in [1.82, 2.24) is 4.90 Å². The highest BCUT2D eigenvalue weighted by Crippen LogP contribution is 2.33. The van der Waals surface area contributed by atoms with Gasteiger partial charge >= 0.3 is 0 Å². The number of nitro groups is 1. The topological polar surface area (TPSA) is 110 Å². The van der Waals surface area contributed by atoms with Gasteiger partial charge in [0.15, 0.2) is 0 Å². The van der Waals surface area contributed by atoms with E-state index >= 15 is 0 Å². The molecular formula is C18H11F2N3O5S. The summed E-state index contributed by atoms with van der Waals surface area (Å²) in [4.78, 5) is 47.6. The van der Waals surface area contributed by atoms with E-state index in [4.69, 9.17) is 0 Å². The SMILES string of the molecule is O=C(CN1C(=O)SC(=Cc2ccccc2[N+](=O)[O-])C1=O)Nc1ccc(F)cc1F. The van der Waals surface area contributed by atoms with E-state index in [9.17, 15) is 33.3 Å². The molecule has 2 aromatic rings. The number of nitrogens with one attached hydrogen (secondary N) is 1. The third-order valence-electron chi connectivity index (χ3n) is 3.80. The number of rotatable bonds is 5. The lowest BCUT2D eigenvalue weighted by Gasteiger charge is -2.12. The fourth-order valence-electron chi connectivity index (χ4n) is 2.48. The Hall–Kier alpha value is -3.60. The first-order chi connectivity index (χ1) is 13.8. The van der Waals surface area contributed by atoms with Crippen molar-refractivity contribution in [1.29, 1.82) is 0 Å². The van der Waals surface area contributed by atoms with Gasteiger partial charge in [-0.2, -0.15) is 0 Å². The van der Waals surface area contributed by atoms with Crippen LogP contribution in [0.3, 0.4) is 0 Å². The molecule has 0 bridgehead atoms. The Morgan fingerprint density at radius 3 is 2.62 bits per heavy atom. The number of para-hydroxylation sites is 1. The number of hydrogen-bond acceptors (Lipinski definition) is 6. The van der Waals surface area contributed by atoms with Crippen molar-refractivity contribution >= 4 is 46.3 Å². The summed E-state index contributed by atoms with van der Waals surface area (Å²) >= 11 is 0.523. The first-order valence-corrected chi connectivity index (χ1v) is 8.81. The zero-order chi connectivity index (χ0) is 21.1. The highest BCUT2D eigenvalue weighted by atomic mass is 32.2. The number of hydrogen-bond donors (Lipinski definition) is 1. The molecule has 2 aromatic carbocycles. The van der Waals surface area contributed by atoms with Crippen molar-refractivity contribution in [2.75, 3.05) is 11.9 Å². The summed E-state index contributed by atoms with van der Waals surface area (Å²) in [7, 11) is 0. The smallest absolute Gasteiger partial charge is 0.294 e. The van der Waals surface area contributed by atoms with Crippen LogP contribution >= 0.6 is 11.8 Å². The predicted octanol–water partition coefficient (Wildman–Crippen LogP) is 3.55. The molecule has 0 aliphatic carbocycles. The van der Waals surface area contributed by atoms with E-state index in [2.05, 4.69) is 5.32 Å². The molecule has 1 aliphatic heterocycles. The lowest BCUT2D eigenvalue weighted by molar-refractivity contribution is -0.385. The number of amides is 3. The average molecular weight is 419 g/mol. The van der Waals surface area contributed by atoms with E-state index < -0.39 is 40.2 Å². The van der Waals surface area contributed by atoms with Gasteiger partial charge in [-0.25, -0.2) is 8.78 Å². The standard InChI is InChI=1S/C18H11F2N3O5S/c19-11-5-6-13(12(20)8-11)21-16(24)9-22-17(25)15(29-18(22)26)7-10-3-1-2-4-14(10)23(27)28/h1-8H,9H2,(H,21,24). The van der Waals surface area contributed by atoms with Gasteiger partial charge < -0.3 is 5.32 Å². The minimum Gasteiger partial charge on any atom is -0.322 e. The van der Waals surface area contributed by atoms with E-state index in [0.717, 1.165) is 12.1 Å². The van der Waals surface area contributed by atoms with E-state index in [1.54, 1.807) is 0 Å². The molecule has 1 heterocycles. The molecule has 0 spiro atoms. The Morgan fingerprint density at radius 2 is 1.93 bits per heavy atom. The molecule has 11 heteroatoms. The summed E-state index contributed by atoms with van der Waals surface area (Å²) in [6, 6.07) is 8.18. The normalized spacial score (nSPS) is 15.1. The number of anilines is 1. The number of nitro benzene ring substituents is 1. The van der Waals surface area contributed by atoms with Crippen LogP contribution in [0.25, 0.3) is 6.08 Å². The third-order valence-corrected chi connectivity index (χ3v) is 4.71. The van der Waals surface area contributed by atoms with Gasteiger partial charge in [0, 0.05) is 12.1 Å². The molecule has 0 saturated carbocycles. The number of carbonyl (C=O) groups is 3. The summed E-state index contributed by atoms with van der Waals surface area (Å²) in [5.74, 6) is -3.52. The van der Waals surface area contributed by atoms with Crippen molar-refractivity contribution < 1.29 is 28.1 Å². The minimum atomic E-state index is -1.01. The van der Waals surface area contributed by atoms with Crippen LogP contribution in [0.2, 0.25) is 0 Å². The van der Waals surface area contributed by atoms with Crippen molar-refractivity contribution in [2.45, 2.75) is 0 Å². The van der Waals surface area contributed by atoms with Crippen LogP contribution in [0.1, 0.15) is 5.56 Å². The molecule has 1 aliphatic rings. The fourth-order valence-corrected chi connectivity index (χ4v) is 3.31. The zero-order valence-electron chi connectivity index (χ0n) is 14.4. The van der Waals surface area contributed by atoms with Crippen molar-refractivity contribution in [2.24, 2.45) is 0 Å². The van der Waals surface area contributed by atoms with Gasteiger partial charge in [0.25, 0.3) is 16.8 Å². The molecule has 3 rings (SSSR count). The first kappa shape index (κ1) is 20.1. The maximum atomic E-state index is 13.6. The first-order valence-electron chi connectivity index (χ1n) is 8.00. The summed E-state index contributed by atoms with van der Waals surface area (Å²) < 4.78 is 26.5. The van der Waals surface area contributed by atoms with Gasteiger partial charge in [0.2, 0.25) is 5.91 Å². The van der Waals surface area contributed by atoms with Crippen LogP contribution in [0.4, 0.5) is 25.0 Å². The lowest BCUT2D eigenvalue weighted by Crippen LogP contribution is -2.36. The number of imide groups is 1. The van der Waals surface area contributed by atoms with E-state index in [1.807, 2.05) is 0 Å². The molecule has 0 radical (unpaired) electrons. The van der Waals surface area contributed by atoms with Crippen LogP contribution in [0.5, 0.6) is 0 Å². The van der Waals surface area contributed by atoms with E-state index in [1.165, 1.54) is 30.3 Å². The monoisotopic (exact) mass is 419 g/mol. The second-order valence-electron chi connectivity index (χ2n) is 5.76. The average Bonchev–Trinajstić information content (AvgIpc) is 2.92. The number of nitrogens with zero attached hydrogens (tertiary/aromatic N) is 2. The van der Waals surface area contributed by atoms with Crippen molar-refractivity contribution in [3.63, 3.8) is 0 Å². The third kappa shape index (κ3) is 4.46. The van der Waals surface area contributed by atoms with Gasteiger partial charge in [-0.05, 0) is 36.0 Å². The number of benzene rings is 2. The van der Waals surface area contributed by atoms with Gasteiger partial charge in [0.05, 0.1) is 21.1 Å². The quantitative estimate of drug-likeness (QED) is 0.451. The zero-order valence-corrected chi connectivity index (χ0v) is 15.2. The van der Waals surface area contributed by atoms with Crippen molar-refractivity contribution in [3.05, 3.63) is 74.7 Å². The maximum absolute atomic E-state index is 13.6. The Morgan fingerprint density at radius 1 is 1.21 bits per heavy atom. The van der Waals surface area contributed by atoms with Gasteiger partial charge in [0.1, 0.15) is 18.2 Å². The molecule has 3 amide bonds. The number of carbonyl (C=O) groups excluding carboxylic acids is 3. The molecule has 0 unspecified atom stereocenters. The molecule has 8 nitrogen and oxygen atoms in total.